The van der Waals surface area contributed by atoms with Crippen LogP contribution in [-0.4, -0.2) is 127 Å². The average molecular weight is 1200 g/mol. The summed E-state index contributed by atoms with van der Waals surface area (Å²) in [6, 6.07) is 66.4. The predicted molar refractivity (Wildman–Crippen MR) is 345 cm³/mol. The van der Waals surface area contributed by atoms with Crippen LogP contribution in [0.2, 0.25) is 0 Å². The standard InChI is InChI=1S/C34H44N3O3P.C25H27NO2.C7H15NO.C5H11NO2/c1-26(2)37(27(3)4)41(38-23-15-22-35)39-25-33-32(24-28(5)40-33)36-34(29-16-9-6-10-17-29,30-18-11-7-12-19-30)31-20-13-8-14-21-31;1-19-17-23(24(18-27)28-19)26-25(20-11-5-2-6-12-20,21-13-7-3-8-14-21)22-15-9-4-10-16-22;1-3-7-6(8)4-5(2)9-7;6-4-1-2-8-5(4)3-7/h6-14,16-21,26-28,32-33,36H,15,23-25H2,1-5H3;2-16,19,23-24,26-27H,17-18H2,1H3;5-7H,3-4,8H2,1-2H3;4-5,7H,1-3,6H2/t28-,32?,33+,41?;19-,23?,24+;5-,6?,7+;4?,5-/m0001/s1/i;;;2T/t3m;2-,4?,5+/m0000. The largest absolute Gasteiger partial charge is 0.394 e. The summed E-state index contributed by atoms with van der Waals surface area (Å²) < 4.78 is 44.9. The number of rotatable bonds is 22. The minimum absolute atomic E-state index is 0.0104. The van der Waals surface area contributed by atoms with E-state index in [1.54, 1.807) is 0 Å². The summed E-state index contributed by atoms with van der Waals surface area (Å²) in [5, 5.41) is 35.6. The molecule has 14 nitrogen and oxygen atoms in total. The van der Waals surface area contributed by atoms with E-state index in [9.17, 15) is 5.11 Å². The van der Waals surface area contributed by atoms with Gasteiger partial charge in [0.25, 0.3) is 8.53 Å². The third-order valence-corrected chi connectivity index (χ3v) is 18.4. The Kier molecular flexibility index (Phi) is 26.7. The molecule has 6 aromatic rings. The molecule has 5 unspecified atom stereocenters. The number of aliphatic hydroxyl groups excluding tert-OH is 2. The van der Waals surface area contributed by atoms with E-state index in [0.717, 1.165) is 25.7 Å². The van der Waals surface area contributed by atoms with Crippen LogP contribution in [0, 0.1) is 11.3 Å². The van der Waals surface area contributed by atoms with Crippen LogP contribution in [0.15, 0.2) is 182 Å². The van der Waals surface area contributed by atoms with Crippen LogP contribution in [0.25, 0.3) is 0 Å². The van der Waals surface area contributed by atoms with Gasteiger partial charge in [0.2, 0.25) is 0 Å². The zero-order valence-corrected chi connectivity index (χ0v) is 52.7. The molecule has 464 valence electrons. The lowest BCUT2D eigenvalue weighted by atomic mass is 9.76. The van der Waals surface area contributed by atoms with Crippen LogP contribution in [0.1, 0.15) is 129 Å². The minimum Gasteiger partial charge on any atom is -0.394 e. The maximum absolute atomic E-state index is 9.90. The molecule has 4 aliphatic heterocycles. The molecule has 4 aliphatic rings. The summed E-state index contributed by atoms with van der Waals surface area (Å²) in [6.45, 7) is 17.1. The topological polar surface area (TPSA) is 199 Å². The van der Waals surface area contributed by atoms with Crippen LogP contribution < -0.4 is 22.1 Å². The Labute approximate surface area is 516 Å². The first-order valence-corrected chi connectivity index (χ1v) is 32.1. The third kappa shape index (κ3) is 18.0. The molecule has 4 saturated heterocycles. The Morgan fingerprint density at radius 1 is 0.570 bits per heavy atom. The van der Waals surface area contributed by atoms with Crippen LogP contribution in [0.5, 0.6) is 0 Å². The van der Waals surface area contributed by atoms with Gasteiger partial charge in [0.05, 0.1) is 94.1 Å². The fourth-order valence-electron chi connectivity index (χ4n) is 12.3. The van der Waals surface area contributed by atoms with Crippen molar-refractivity contribution in [2.24, 2.45) is 11.5 Å². The molecular formula is C71H97N6O8P. The summed E-state index contributed by atoms with van der Waals surface area (Å²) >= 11 is 0. The van der Waals surface area contributed by atoms with Crippen molar-refractivity contribution in [2.75, 3.05) is 33.0 Å². The number of ether oxygens (including phenoxy) is 4. The van der Waals surface area contributed by atoms with Crippen molar-refractivity contribution in [3.8, 4) is 6.07 Å². The Morgan fingerprint density at radius 2 is 0.930 bits per heavy atom. The summed E-state index contributed by atoms with van der Waals surface area (Å²) in [6.07, 6.45) is 4.85. The van der Waals surface area contributed by atoms with Gasteiger partial charge in [0, 0.05) is 42.8 Å². The Morgan fingerprint density at radius 3 is 1.22 bits per heavy atom. The molecule has 0 aromatic heterocycles. The van der Waals surface area contributed by atoms with Crippen molar-refractivity contribution in [1.82, 2.24) is 15.3 Å². The third-order valence-electron chi connectivity index (χ3n) is 16.3. The van der Waals surface area contributed by atoms with Gasteiger partial charge in [-0.3, -0.25) is 10.6 Å². The van der Waals surface area contributed by atoms with E-state index < -0.39 is 26.2 Å². The number of nitriles is 1. The number of hydrogen-bond acceptors (Lipinski definition) is 14. The fraction of sp³-hybridized carbons (Fsp3) is 0.479. The van der Waals surface area contributed by atoms with Crippen LogP contribution in [0.4, 0.5) is 0 Å². The van der Waals surface area contributed by atoms with E-state index in [-0.39, 0.29) is 80.0 Å². The van der Waals surface area contributed by atoms with Crippen molar-refractivity contribution in [3.05, 3.63) is 215 Å². The molecule has 4 fully saturated rings. The quantitative estimate of drug-likeness (QED) is 0.0213. The fourth-order valence-corrected chi connectivity index (χ4v) is 13.9. The number of aliphatic hydroxyl groups is 2. The molecule has 4 heterocycles. The maximum atomic E-state index is 9.90. The molecule has 15 heteroatoms. The van der Waals surface area contributed by atoms with E-state index in [4.69, 9.17) is 51.2 Å². The Bertz CT molecular complexity index is 2660. The second-order valence-electron chi connectivity index (χ2n) is 23.4. The lowest BCUT2D eigenvalue weighted by Gasteiger charge is -2.41. The molecule has 86 heavy (non-hydrogen) atoms. The summed E-state index contributed by atoms with van der Waals surface area (Å²) in [7, 11) is -1.35. The highest BCUT2D eigenvalue weighted by molar-refractivity contribution is 7.44. The molecule has 8 N–H and O–H groups in total. The van der Waals surface area contributed by atoms with Gasteiger partial charge in [-0.25, -0.2) is 4.67 Å². The monoisotopic (exact) mass is 1190 g/mol. The van der Waals surface area contributed by atoms with E-state index in [1.165, 1.54) is 33.4 Å². The molecule has 0 spiro atoms. The zero-order valence-electron chi connectivity index (χ0n) is 52.8. The van der Waals surface area contributed by atoms with Gasteiger partial charge >= 0.3 is 0 Å². The molecule has 0 radical (unpaired) electrons. The summed E-state index contributed by atoms with van der Waals surface area (Å²) in [5.41, 5.74) is 17.1. The normalized spacial score (nSPS) is 26.0. The van der Waals surface area contributed by atoms with Gasteiger partial charge in [0.15, 0.2) is 0 Å². The zero-order chi connectivity index (χ0) is 62.3. The molecule has 6 aromatic carbocycles. The van der Waals surface area contributed by atoms with E-state index in [2.05, 4.69) is 241 Å². The first-order chi connectivity index (χ1) is 42.1. The second-order valence-corrected chi connectivity index (χ2v) is 24.8. The van der Waals surface area contributed by atoms with Crippen LogP contribution in [0.3, 0.4) is 0 Å². The lowest BCUT2D eigenvalue weighted by molar-refractivity contribution is 0.0103. The second kappa shape index (κ2) is 34.5. The minimum atomic E-state index is -1.35. The predicted octanol–water partition coefficient (Wildman–Crippen LogP) is 11.5. The smallest absolute Gasteiger partial charge is 0.259 e. The van der Waals surface area contributed by atoms with Crippen molar-refractivity contribution in [2.45, 2.75) is 184 Å². The van der Waals surface area contributed by atoms with Crippen molar-refractivity contribution in [3.63, 3.8) is 0 Å². The number of benzene rings is 6. The van der Waals surface area contributed by atoms with E-state index in [0.29, 0.717) is 38.3 Å². The highest BCUT2D eigenvalue weighted by atomic mass is 31.2. The van der Waals surface area contributed by atoms with E-state index >= 15 is 0 Å². The first kappa shape index (κ1) is 66.7. The molecular weight excluding hydrogens is 1100 g/mol. The Hall–Kier alpha value is -5.28. The van der Waals surface area contributed by atoms with Crippen molar-refractivity contribution < 1.29 is 39.6 Å². The summed E-state index contributed by atoms with van der Waals surface area (Å²) in [5.74, 6) is 0. The number of hydrogen-bond donors (Lipinski definition) is 6. The van der Waals surface area contributed by atoms with Gasteiger partial charge in [-0.1, -0.05) is 189 Å². The van der Waals surface area contributed by atoms with Gasteiger partial charge in [-0.15, -0.1) is 0 Å². The SMILES string of the molecule is CC(C)N(C(C)C)P(OCCC#N)OC[C@H]1O[C@@H](C)CC1NC(c1ccccc1)(c1ccccc1)c1ccccc1.CC[C@H]1O[C@@H](C)CC1N.C[C@H]1CC(NC(c2ccccc2)(c2ccccc2)c2ccccc2)[C@@H](CO)O1.[3H][C@H]1CC(N)[C@@H](CO)O1. The highest BCUT2D eigenvalue weighted by Gasteiger charge is 2.45. The number of nitrogens with two attached hydrogens (primary N) is 2. The molecule has 10 rings (SSSR count). The average Bonchev–Trinajstić information content (AvgIpc) is 1.78. The van der Waals surface area contributed by atoms with Crippen molar-refractivity contribution in [1.29, 1.82) is 5.26 Å². The summed E-state index contributed by atoms with van der Waals surface area (Å²) in [4.78, 5) is 0. The molecule has 0 bridgehead atoms. The van der Waals surface area contributed by atoms with Crippen LogP contribution in [-0.2, 0) is 39.1 Å². The number of nitrogens with zero attached hydrogens (tertiary/aromatic N) is 2. The number of nitrogens with one attached hydrogen (secondary N) is 2. The van der Waals surface area contributed by atoms with Gasteiger partial charge in [0.1, 0.15) is 0 Å². The van der Waals surface area contributed by atoms with Gasteiger partial charge in [-0.2, -0.15) is 5.26 Å². The van der Waals surface area contributed by atoms with Crippen molar-refractivity contribution >= 4 is 8.53 Å². The van der Waals surface area contributed by atoms with Crippen LogP contribution >= 0.6 is 8.53 Å². The Balaban J connectivity index is 0.000000199. The van der Waals surface area contributed by atoms with E-state index in [1.807, 2.05) is 18.2 Å². The first-order valence-electron chi connectivity index (χ1n) is 31.5. The molecule has 0 aliphatic carbocycles. The van der Waals surface area contributed by atoms with Gasteiger partial charge < -0.3 is 49.7 Å². The van der Waals surface area contributed by atoms with Gasteiger partial charge in [-0.05, 0) is 114 Å². The molecule has 0 amide bonds. The maximum Gasteiger partial charge on any atom is 0.259 e. The highest BCUT2D eigenvalue weighted by Crippen LogP contribution is 2.47. The molecule has 13 atom stereocenters. The molecule has 0 saturated carbocycles. The lowest BCUT2D eigenvalue weighted by Crippen LogP contribution is -2.53.